The molecule has 0 heterocycles. The second-order valence-electron chi connectivity index (χ2n) is 7.16. The number of amides is 1. The van der Waals surface area contributed by atoms with Crippen LogP contribution in [-0.4, -0.2) is 18.1 Å². The highest BCUT2D eigenvalue weighted by Gasteiger charge is 2.13. The molecule has 0 aliphatic heterocycles. The van der Waals surface area contributed by atoms with Crippen LogP contribution in [0.5, 0.6) is 5.75 Å². The highest BCUT2D eigenvalue weighted by atomic mass is 79.9. The lowest BCUT2D eigenvalue weighted by Gasteiger charge is -2.11. The van der Waals surface area contributed by atoms with Gasteiger partial charge in [0.2, 0.25) is 0 Å². The zero-order valence-corrected chi connectivity index (χ0v) is 18.8. The van der Waals surface area contributed by atoms with Gasteiger partial charge in [0.1, 0.15) is 5.75 Å². The van der Waals surface area contributed by atoms with Crippen molar-refractivity contribution in [3.05, 3.63) is 112 Å². The molecular formula is C26H19BrN2O3. The summed E-state index contributed by atoms with van der Waals surface area (Å²) in [4.78, 5) is 25.0. The van der Waals surface area contributed by atoms with Crippen LogP contribution in [0, 0.1) is 6.92 Å². The molecule has 0 aliphatic carbocycles. The van der Waals surface area contributed by atoms with Gasteiger partial charge in [-0.1, -0.05) is 64.0 Å². The third kappa shape index (κ3) is 4.92. The molecule has 0 spiro atoms. The number of esters is 1. The van der Waals surface area contributed by atoms with Crippen molar-refractivity contribution in [1.82, 2.24) is 5.43 Å². The highest BCUT2D eigenvalue weighted by molar-refractivity contribution is 9.10. The third-order valence-electron chi connectivity index (χ3n) is 4.89. The molecule has 0 fully saturated rings. The standard InChI is InChI=1S/C26H19BrN2O3/c1-17-6-8-20(9-7-17)26(31)32-24-15-12-18-4-2-3-5-22(18)23(24)16-28-29-25(30)19-10-13-21(27)14-11-19/h2-16H,1H3,(H,29,30)/b28-16-. The Morgan fingerprint density at radius 1 is 0.875 bits per heavy atom. The van der Waals surface area contributed by atoms with Gasteiger partial charge in [0, 0.05) is 15.6 Å². The summed E-state index contributed by atoms with van der Waals surface area (Å²) in [5.41, 5.74) is 5.11. The van der Waals surface area contributed by atoms with Crippen LogP contribution in [0.25, 0.3) is 10.8 Å². The maximum atomic E-state index is 12.7. The predicted molar refractivity (Wildman–Crippen MR) is 129 cm³/mol. The van der Waals surface area contributed by atoms with E-state index in [1.807, 2.05) is 49.4 Å². The summed E-state index contributed by atoms with van der Waals surface area (Å²) >= 11 is 3.35. The fourth-order valence-corrected chi connectivity index (χ4v) is 3.43. The van der Waals surface area contributed by atoms with Crippen LogP contribution in [-0.2, 0) is 0 Å². The Bertz CT molecular complexity index is 1310. The largest absolute Gasteiger partial charge is 0.422 e. The van der Waals surface area contributed by atoms with Gasteiger partial charge in [-0.15, -0.1) is 0 Å². The van der Waals surface area contributed by atoms with Gasteiger partial charge in [-0.25, -0.2) is 10.2 Å². The van der Waals surface area contributed by atoms with Crippen molar-refractivity contribution >= 4 is 44.8 Å². The van der Waals surface area contributed by atoms with Crippen LogP contribution in [0.15, 0.2) is 94.5 Å². The second kappa shape index (κ2) is 9.58. The van der Waals surface area contributed by atoms with Crippen LogP contribution in [0.1, 0.15) is 31.8 Å². The Balaban J connectivity index is 1.62. The number of carbonyl (C=O) groups is 2. The van der Waals surface area contributed by atoms with Gasteiger partial charge in [0.15, 0.2) is 0 Å². The molecule has 0 atom stereocenters. The number of nitrogens with one attached hydrogen (secondary N) is 1. The molecule has 6 heteroatoms. The molecule has 4 aromatic rings. The summed E-state index contributed by atoms with van der Waals surface area (Å²) in [6.07, 6.45) is 1.50. The van der Waals surface area contributed by atoms with Gasteiger partial charge >= 0.3 is 5.97 Å². The fourth-order valence-electron chi connectivity index (χ4n) is 3.17. The molecule has 4 rings (SSSR count). The lowest BCUT2D eigenvalue weighted by atomic mass is 10.0. The van der Waals surface area contributed by atoms with E-state index in [4.69, 9.17) is 4.74 Å². The number of nitrogens with zero attached hydrogens (tertiary/aromatic N) is 1. The summed E-state index contributed by atoms with van der Waals surface area (Å²) in [6.45, 7) is 1.95. The predicted octanol–water partition coefficient (Wildman–Crippen LogP) is 5.89. The fraction of sp³-hybridized carbons (Fsp3) is 0.0385. The van der Waals surface area contributed by atoms with E-state index in [1.54, 1.807) is 42.5 Å². The molecule has 0 saturated carbocycles. The quantitative estimate of drug-likeness (QED) is 0.165. The minimum Gasteiger partial charge on any atom is -0.422 e. The number of hydrogen-bond acceptors (Lipinski definition) is 4. The van der Waals surface area contributed by atoms with Crippen LogP contribution in [0.4, 0.5) is 0 Å². The van der Waals surface area contributed by atoms with E-state index in [-0.39, 0.29) is 5.91 Å². The number of hydrogen-bond donors (Lipinski definition) is 1. The van der Waals surface area contributed by atoms with Gasteiger partial charge in [0.05, 0.1) is 11.8 Å². The van der Waals surface area contributed by atoms with Crippen molar-refractivity contribution in [1.29, 1.82) is 0 Å². The van der Waals surface area contributed by atoms with E-state index in [9.17, 15) is 9.59 Å². The minimum atomic E-state index is -0.464. The molecule has 0 aromatic heterocycles. The summed E-state index contributed by atoms with van der Waals surface area (Å²) in [6, 6.07) is 25.4. The molecule has 4 aromatic carbocycles. The number of hydrazone groups is 1. The van der Waals surface area contributed by atoms with Crippen LogP contribution in [0.2, 0.25) is 0 Å². The Hall–Kier alpha value is -3.77. The number of rotatable bonds is 5. The van der Waals surface area contributed by atoms with Crippen LogP contribution >= 0.6 is 15.9 Å². The number of benzene rings is 4. The average molecular weight is 487 g/mol. The smallest absolute Gasteiger partial charge is 0.343 e. The molecule has 0 aliphatic rings. The Kier molecular flexibility index (Phi) is 6.42. The Labute approximate surface area is 193 Å². The minimum absolute atomic E-state index is 0.341. The van der Waals surface area contributed by atoms with Crippen molar-refractivity contribution in [2.75, 3.05) is 0 Å². The van der Waals surface area contributed by atoms with E-state index in [0.717, 1.165) is 20.8 Å². The first kappa shape index (κ1) is 21.5. The van der Waals surface area contributed by atoms with Crippen LogP contribution in [0.3, 0.4) is 0 Å². The zero-order chi connectivity index (χ0) is 22.5. The van der Waals surface area contributed by atoms with Crippen molar-refractivity contribution in [3.8, 4) is 5.75 Å². The molecule has 1 N–H and O–H groups in total. The SMILES string of the molecule is Cc1ccc(C(=O)Oc2ccc3ccccc3c2/C=N\NC(=O)c2ccc(Br)cc2)cc1. The molecule has 0 radical (unpaired) electrons. The topological polar surface area (TPSA) is 67.8 Å². The number of carbonyl (C=O) groups excluding carboxylic acids is 2. The first-order chi connectivity index (χ1) is 15.5. The van der Waals surface area contributed by atoms with Gasteiger partial charge in [-0.2, -0.15) is 5.10 Å². The molecule has 0 unspecified atom stereocenters. The van der Waals surface area contributed by atoms with E-state index < -0.39 is 5.97 Å². The lowest BCUT2D eigenvalue weighted by Crippen LogP contribution is -2.17. The van der Waals surface area contributed by atoms with E-state index in [2.05, 4.69) is 26.5 Å². The normalized spacial score (nSPS) is 10.9. The zero-order valence-electron chi connectivity index (χ0n) is 17.2. The highest BCUT2D eigenvalue weighted by Crippen LogP contribution is 2.27. The van der Waals surface area contributed by atoms with Gasteiger partial charge in [0.25, 0.3) is 5.91 Å². The molecular weight excluding hydrogens is 468 g/mol. The number of aryl methyl sites for hydroxylation is 1. The second-order valence-corrected chi connectivity index (χ2v) is 8.08. The number of fused-ring (bicyclic) bond motifs is 1. The van der Waals surface area contributed by atoms with Crippen molar-refractivity contribution in [2.45, 2.75) is 6.92 Å². The number of ether oxygens (including phenoxy) is 1. The monoisotopic (exact) mass is 486 g/mol. The average Bonchev–Trinajstić information content (AvgIpc) is 2.81. The first-order valence-electron chi connectivity index (χ1n) is 9.91. The van der Waals surface area contributed by atoms with Crippen LogP contribution < -0.4 is 10.2 Å². The molecule has 0 bridgehead atoms. The lowest BCUT2D eigenvalue weighted by molar-refractivity contribution is 0.0734. The summed E-state index contributed by atoms with van der Waals surface area (Å²) in [5, 5.41) is 5.93. The van der Waals surface area contributed by atoms with Gasteiger partial charge < -0.3 is 4.74 Å². The third-order valence-corrected chi connectivity index (χ3v) is 5.42. The first-order valence-corrected chi connectivity index (χ1v) is 10.7. The summed E-state index contributed by atoms with van der Waals surface area (Å²) < 4.78 is 6.57. The molecule has 1 amide bonds. The summed E-state index contributed by atoms with van der Waals surface area (Å²) in [7, 11) is 0. The van der Waals surface area contributed by atoms with E-state index in [0.29, 0.717) is 22.4 Å². The molecule has 0 saturated heterocycles. The van der Waals surface area contributed by atoms with Crippen molar-refractivity contribution in [3.63, 3.8) is 0 Å². The Morgan fingerprint density at radius 2 is 1.56 bits per heavy atom. The molecule has 158 valence electrons. The molecule has 32 heavy (non-hydrogen) atoms. The van der Waals surface area contributed by atoms with Crippen molar-refractivity contribution < 1.29 is 14.3 Å². The Morgan fingerprint density at radius 3 is 2.31 bits per heavy atom. The maximum absolute atomic E-state index is 12.7. The van der Waals surface area contributed by atoms with E-state index >= 15 is 0 Å². The van der Waals surface area contributed by atoms with Gasteiger partial charge in [-0.3, -0.25) is 4.79 Å². The van der Waals surface area contributed by atoms with Gasteiger partial charge in [-0.05, 0) is 60.2 Å². The summed E-state index contributed by atoms with van der Waals surface area (Å²) in [5.74, 6) is -0.447. The number of halogens is 1. The van der Waals surface area contributed by atoms with E-state index in [1.165, 1.54) is 6.21 Å². The van der Waals surface area contributed by atoms with Crippen molar-refractivity contribution in [2.24, 2.45) is 5.10 Å². The maximum Gasteiger partial charge on any atom is 0.343 e. The molecule has 5 nitrogen and oxygen atoms in total.